The van der Waals surface area contributed by atoms with E-state index in [-0.39, 0.29) is 37.9 Å². The molecule has 0 saturated carbocycles. The van der Waals surface area contributed by atoms with Crippen molar-refractivity contribution in [3.63, 3.8) is 0 Å². The van der Waals surface area contributed by atoms with E-state index in [0.717, 1.165) is 5.56 Å². The Labute approximate surface area is 216 Å². The molecule has 14 heteroatoms. The highest BCUT2D eigenvalue weighted by Crippen LogP contribution is 2.14. The molecule has 0 saturated heterocycles. The van der Waals surface area contributed by atoms with Gasteiger partial charge in [-0.3, -0.25) is 4.18 Å². The molecular formula is C23H37F3O10S. The monoisotopic (exact) mass is 562 g/mol. The Hall–Kier alpha value is -1.36. The zero-order valence-electron chi connectivity index (χ0n) is 21.0. The molecule has 0 bridgehead atoms. The Morgan fingerprint density at radius 2 is 0.892 bits per heavy atom. The van der Waals surface area contributed by atoms with Crippen LogP contribution in [0, 0.1) is 6.92 Å². The van der Waals surface area contributed by atoms with Crippen LogP contribution < -0.4 is 0 Å². The average molecular weight is 563 g/mol. The lowest BCUT2D eigenvalue weighted by molar-refractivity contribution is -0.176. The maximum absolute atomic E-state index is 12.0. The first kappa shape index (κ1) is 33.7. The van der Waals surface area contributed by atoms with Gasteiger partial charge in [0.15, 0.2) is 0 Å². The Morgan fingerprint density at radius 3 is 1.24 bits per heavy atom. The molecular weight excluding hydrogens is 525 g/mol. The highest BCUT2D eigenvalue weighted by molar-refractivity contribution is 7.86. The molecule has 216 valence electrons. The summed E-state index contributed by atoms with van der Waals surface area (Å²) in [5.41, 5.74) is 0.960. The number of hydrogen-bond donors (Lipinski definition) is 0. The van der Waals surface area contributed by atoms with Gasteiger partial charge in [-0.05, 0) is 19.1 Å². The second kappa shape index (κ2) is 20.6. The molecule has 0 amide bonds. The smallest absolute Gasteiger partial charge is 0.377 e. The number of halogens is 3. The van der Waals surface area contributed by atoms with Gasteiger partial charge in [0.2, 0.25) is 0 Å². The summed E-state index contributed by atoms with van der Waals surface area (Å²) in [6.45, 7) is 4.08. The fourth-order valence-corrected chi connectivity index (χ4v) is 3.38. The first-order valence-electron chi connectivity index (χ1n) is 11.8. The molecule has 0 fully saturated rings. The lowest BCUT2D eigenvalue weighted by atomic mass is 10.2. The lowest BCUT2D eigenvalue weighted by Crippen LogP contribution is -2.19. The van der Waals surface area contributed by atoms with Crippen LogP contribution >= 0.6 is 0 Å². The first-order chi connectivity index (χ1) is 17.7. The molecule has 0 radical (unpaired) electrons. The van der Waals surface area contributed by atoms with E-state index in [9.17, 15) is 21.6 Å². The van der Waals surface area contributed by atoms with Crippen LogP contribution in [0.15, 0.2) is 29.2 Å². The number of ether oxygens (including phenoxy) is 7. The van der Waals surface area contributed by atoms with E-state index in [1.54, 1.807) is 12.1 Å². The minimum atomic E-state index is -4.33. The summed E-state index contributed by atoms with van der Waals surface area (Å²) in [6, 6.07) is 6.40. The third-order valence-corrected chi connectivity index (χ3v) is 5.60. The largest absolute Gasteiger partial charge is 0.411 e. The van der Waals surface area contributed by atoms with Crippen LogP contribution in [0.3, 0.4) is 0 Å². The quantitative estimate of drug-likeness (QED) is 0.138. The van der Waals surface area contributed by atoms with Crippen LogP contribution in [0.5, 0.6) is 0 Å². The first-order valence-corrected chi connectivity index (χ1v) is 13.2. The minimum absolute atomic E-state index is 0.0698. The van der Waals surface area contributed by atoms with Crippen LogP contribution in [-0.4, -0.2) is 114 Å². The molecule has 1 rings (SSSR count). The van der Waals surface area contributed by atoms with Crippen molar-refractivity contribution in [2.75, 3.05) is 99.1 Å². The fraction of sp³-hybridized carbons (Fsp3) is 0.739. The van der Waals surface area contributed by atoms with Gasteiger partial charge in [-0.15, -0.1) is 0 Å². The molecule has 0 N–H and O–H groups in total. The Kier molecular flexibility index (Phi) is 18.7. The Balaban J connectivity index is 1.76. The van der Waals surface area contributed by atoms with Gasteiger partial charge in [-0.25, -0.2) is 0 Å². The van der Waals surface area contributed by atoms with Crippen molar-refractivity contribution in [1.29, 1.82) is 0 Å². The molecule has 37 heavy (non-hydrogen) atoms. The van der Waals surface area contributed by atoms with Crippen molar-refractivity contribution in [2.24, 2.45) is 0 Å². The van der Waals surface area contributed by atoms with Crippen molar-refractivity contribution in [2.45, 2.75) is 18.0 Å². The maximum atomic E-state index is 12.0. The number of benzene rings is 1. The van der Waals surface area contributed by atoms with Crippen molar-refractivity contribution in [3.8, 4) is 0 Å². The van der Waals surface area contributed by atoms with Gasteiger partial charge in [-0.1, -0.05) is 17.7 Å². The highest BCUT2D eigenvalue weighted by Gasteiger charge is 2.27. The van der Waals surface area contributed by atoms with Crippen molar-refractivity contribution in [1.82, 2.24) is 0 Å². The second-order valence-electron chi connectivity index (χ2n) is 7.43. The van der Waals surface area contributed by atoms with E-state index >= 15 is 0 Å². The topological polar surface area (TPSA) is 108 Å². The Bertz CT molecular complexity index is 776. The van der Waals surface area contributed by atoms with Gasteiger partial charge < -0.3 is 33.2 Å². The molecule has 0 aliphatic rings. The predicted octanol–water partition coefficient (Wildman–Crippen LogP) is 2.38. The normalized spacial score (nSPS) is 12.3. The van der Waals surface area contributed by atoms with E-state index < -0.39 is 22.9 Å². The molecule has 0 spiro atoms. The van der Waals surface area contributed by atoms with Gasteiger partial charge >= 0.3 is 6.18 Å². The number of rotatable bonds is 24. The summed E-state index contributed by atoms with van der Waals surface area (Å²) in [4.78, 5) is 0.109. The molecule has 0 unspecified atom stereocenters. The van der Waals surface area contributed by atoms with Gasteiger partial charge in [-0.2, -0.15) is 21.6 Å². The summed E-state index contributed by atoms with van der Waals surface area (Å²) < 4.78 is 101. The van der Waals surface area contributed by atoms with E-state index in [0.29, 0.717) is 59.5 Å². The van der Waals surface area contributed by atoms with Crippen molar-refractivity contribution in [3.05, 3.63) is 29.8 Å². The number of alkyl halides is 3. The Morgan fingerprint density at radius 1 is 0.568 bits per heavy atom. The molecule has 1 aromatic carbocycles. The van der Waals surface area contributed by atoms with E-state index in [1.165, 1.54) is 12.1 Å². The molecule has 1 aromatic rings. The molecule has 0 aliphatic carbocycles. The standard InChI is InChI=1S/C23H37F3O10S/c1-21-2-4-22(5-3-21)37(27,28)36-19-18-34-15-14-32-11-10-30-7-6-29-8-9-31-12-13-33-16-17-35-20-23(24,25)26/h2-5H,6-20H2,1H3. The third-order valence-electron chi connectivity index (χ3n) is 4.27. The van der Waals surface area contributed by atoms with E-state index in [4.69, 9.17) is 32.6 Å². The third kappa shape index (κ3) is 20.3. The van der Waals surface area contributed by atoms with E-state index in [1.807, 2.05) is 6.92 Å². The fourth-order valence-electron chi connectivity index (χ4n) is 2.48. The van der Waals surface area contributed by atoms with Gasteiger partial charge in [0, 0.05) is 0 Å². The number of hydrogen-bond acceptors (Lipinski definition) is 10. The van der Waals surface area contributed by atoms with Crippen LogP contribution in [0.2, 0.25) is 0 Å². The van der Waals surface area contributed by atoms with Crippen molar-refractivity contribution >= 4 is 10.1 Å². The van der Waals surface area contributed by atoms with Gasteiger partial charge in [0.05, 0.1) is 97.4 Å². The molecule has 0 heterocycles. The molecule has 0 aliphatic heterocycles. The minimum Gasteiger partial charge on any atom is -0.377 e. The van der Waals surface area contributed by atoms with Crippen LogP contribution in [-0.2, 0) is 47.5 Å². The summed E-state index contributed by atoms with van der Waals surface area (Å²) in [5, 5.41) is 0. The average Bonchev–Trinajstić information content (AvgIpc) is 2.84. The summed E-state index contributed by atoms with van der Waals surface area (Å²) in [7, 11) is -3.79. The second-order valence-corrected chi connectivity index (χ2v) is 9.05. The molecule has 10 nitrogen and oxygen atoms in total. The summed E-state index contributed by atoms with van der Waals surface area (Å²) in [5.74, 6) is 0. The van der Waals surface area contributed by atoms with Crippen LogP contribution in [0.4, 0.5) is 13.2 Å². The van der Waals surface area contributed by atoms with Crippen molar-refractivity contribution < 1.29 is 58.9 Å². The van der Waals surface area contributed by atoms with Crippen LogP contribution in [0.25, 0.3) is 0 Å². The predicted molar refractivity (Wildman–Crippen MR) is 126 cm³/mol. The van der Waals surface area contributed by atoms with Gasteiger partial charge in [0.25, 0.3) is 10.1 Å². The lowest BCUT2D eigenvalue weighted by Gasteiger charge is -2.09. The van der Waals surface area contributed by atoms with Crippen LogP contribution in [0.1, 0.15) is 5.56 Å². The highest BCUT2D eigenvalue weighted by atomic mass is 32.2. The zero-order chi connectivity index (χ0) is 27.2. The zero-order valence-corrected chi connectivity index (χ0v) is 21.9. The maximum Gasteiger partial charge on any atom is 0.411 e. The van der Waals surface area contributed by atoms with Gasteiger partial charge in [0.1, 0.15) is 6.61 Å². The SMILES string of the molecule is Cc1ccc(S(=O)(=O)OCCOCCOCCOCCOCCOCCOCCOCC(F)(F)F)cc1. The molecule has 0 aromatic heterocycles. The van der Waals surface area contributed by atoms with E-state index in [2.05, 4.69) is 4.74 Å². The number of aryl methyl sites for hydroxylation is 1. The molecule has 0 atom stereocenters. The summed E-state index contributed by atoms with van der Waals surface area (Å²) >= 11 is 0. The summed E-state index contributed by atoms with van der Waals surface area (Å²) in [6.07, 6.45) is -4.33.